The zero-order chi connectivity index (χ0) is 17.1. The lowest BCUT2D eigenvalue weighted by Gasteiger charge is -2.14. The van der Waals surface area contributed by atoms with Gasteiger partial charge in [-0.05, 0) is 35.9 Å². The standard InChI is InChI=1S/C17H16FN3O3/c1-11(22)20-9-14-10-21(17(23)24-14)13-2-3-15(16(18)8-13)12-4-6-19-7-5-12/h2-8,14H,9-10H2,1H3,(H,20,22)/t14-/m1/s1. The van der Waals surface area contributed by atoms with Gasteiger partial charge in [0.25, 0.3) is 0 Å². The molecule has 7 heteroatoms. The lowest BCUT2D eigenvalue weighted by molar-refractivity contribution is -0.119. The number of benzene rings is 1. The molecule has 24 heavy (non-hydrogen) atoms. The molecule has 3 rings (SSSR count). The minimum Gasteiger partial charge on any atom is -0.442 e. The second-order valence-corrected chi connectivity index (χ2v) is 5.45. The topological polar surface area (TPSA) is 71.5 Å². The predicted molar refractivity (Wildman–Crippen MR) is 85.9 cm³/mol. The number of amides is 2. The molecule has 0 spiro atoms. The lowest BCUT2D eigenvalue weighted by atomic mass is 10.1. The van der Waals surface area contributed by atoms with Crippen LogP contribution in [0.2, 0.25) is 0 Å². The number of cyclic esters (lactones) is 1. The number of halogens is 1. The lowest BCUT2D eigenvalue weighted by Crippen LogP contribution is -2.33. The number of carbonyl (C=O) groups excluding carboxylic acids is 2. The van der Waals surface area contributed by atoms with Crippen LogP contribution in [0.1, 0.15) is 6.92 Å². The third-order valence-electron chi connectivity index (χ3n) is 3.71. The van der Waals surface area contributed by atoms with Crippen molar-refractivity contribution in [3.05, 3.63) is 48.5 Å². The van der Waals surface area contributed by atoms with E-state index in [0.717, 1.165) is 0 Å². The number of nitrogens with zero attached hydrogens (tertiary/aromatic N) is 2. The predicted octanol–water partition coefficient (Wildman–Crippen LogP) is 2.35. The van der Waals surface area contributed by atoms with Gasteiger partial charge < -0.3 is 10.1 Å². The summed E-state index contributed by atoms with van der Waals surface area (Å²) in [5.74, 6) is -0.631. The molecule has 6 nitrogen and oxygen atoms in total. The molecule has 1 aliphatic heterocycles. The van der Waals surface area contributed by atoms with Crippen molar-refractivity contribution >= 4 is 17.7 Å². The van der Waals surface area contributed by atoms with Crippen molar-refractivity contribution in [2.24, 2.45) is 0 Å². The minimum absolute atomic E-state index is 0.197. The van der Waals surface area contributed by atoms with Crippen molar-refractivity contribution in [3.8, 4) is 11.1 Å². The van der Waals surface area contributed by atoms with E-state index in [4.69, 9.17) is 4.74 Å². The molecule has 1 fully saturated rings. The number of pyridine rings is 1. The Hall–Kier alpha value is -2.96. The highest BCUT2D eigenvalue weighted by molar-refractivity contribution is 5.90. The Kier molecular flexibility index (Phi) is 4.41. The summed E-state index contributed by atoms with van der Waals surface area (Å²) in [6.07, 6.45) is 2.17. The van der Waals surface area contributed by atoms with Gasteiger partial charge in [-0.3, -0.25) is 14.7 Å². The smallest absolute Gasteiger partial charge is 0.414 e. The number of nitrogens with one attached hydrogen (secondary N) is 1. The fraction of sp³-hybridized carbons (Fsp3) is 0.235. The number of ether oxygens (including phenoxy) is 1. The summed E-state index contributed by atoms with van der Waals surface area (Å²) >= 11 is 0. The summed E-state index contributed by atoms with van der Waals surface area (Å²) in [6.45, 7) is 1.88. The fourth-order valence-corrected chi connectivity index (χ4v) is 2.53. The van der Waals surface area contributed by atoms with Gasteiger partial charge in [-0.1, -0.05) is 0 Å². The Labute approximate surface area is 138 Å². The molecule has 1 aliphatic rings. The van der Waals surface area contributed by atoms with Crippen LogP contribution < -0.4 is 10.2 Å². The Balaban J connectivity index is 1.77. The van der Waals surface area contributed by atoms with E-state index in [0.29, 0.717) is 16.8 Å². The van der Waals surface area contributed by atoms with Crippen LogP contribution in [0.25, 0.3) is 11.1 Å². The van der Waals surface area contributed by atoms with Crippen LogP contribution in [-0.2, 0) is 9.53 Å². The van der Waals surface area contributed by atoms with Crippen molar-refractivity contribution in [1.82, 2.24) is 10.3 Å². The molecule has 1 N–H and O–H groups in total. The first-order chi connectivity index (χ1) is 11.5. The van der Waals surface area contributed by atoms with Gasteiger partial charge >= 0.3 is 6.09 Å². The van der Waals surface area contributed by atoms with Gasteiger partial charge in [-0.2, -0.15) is 0 Å². The van der Waals surface area contributed by atoms with Gasteiger partial charge in [-0.25, -0.2) is 9.18 Å². The zero-order valence-corrected chi connectivity index (χ0v) is 13.0. The SMILES string of the molecule is CC(=O)NC[C@@H]1CN(c2ccc(-c3ccncc3)c(F)c2)C(=O)O1. The first-order valence-electron chi connectivity index (χ1n) is 7.47. The second kappa shape index (κ2) is 6.66. The van der Waals surface area contributed by atoms with Crippen LogP contribution in [-0.4, -0.2) is 36.2 Å². The molecule has 0 radical (unpaired) electrons. The van der Waals surface area contributed by atoms with Crippen molar-refractivity contribution in [2.45, 2.75) is 13.0 Å². The molecule has 0 bridgehead atoms. The third kappa shape index (κ3) is 3.34. The van der Waals surface area contributed by atoms with Crippen molar-refractivity contribution in [2.75, 3.05) is 18.0 Å². The van der Waals surface area contributed by atoms with E-state index >= 15 is 0 Å². The molecule has 1 aromatic carbocycles. The normalized spacial score (nSPS) is 16.8. The molecule has 1 aromatic heterocycles. The summed E-state index contributed by atoms with van der Waals surface area (Å²) in [7, 11) is 0. The maximum absolute atomic E-state index is 14.4. The summed E-state index contributed by atoms with van der Waals surface area (Å²) in [5.41, 5.74) is 1.56. The van der Waals surface area contributed by atoms with Gasteiger partial charge in [0.15, 0.2) is 0 Å². The van der Waals surface area contributed by atoms with Gasteiger partial charge in [-0.15, -0.1) is 0 Å². The highest BCUT2D eigenvalue weighted by atomic mass is 19.1. The molecule has 0 saturated carbocycles. The summed E-state index contributed by atoms with van der Waals surface area (Å²) in [5, 5.41) is 2.60. The minimum atomic E-state index is -0.554. The first-order valence-corrected chi connectivity index (χ1v) is 7.47. The van der Waals surface area contributed by atoms with Crippen molar-refractivity contribution in [1.29, 1.82) is 0 Å². The number of hydrogen-bond acceptors (Lipinski definition) is 4. The highest BCUT2D eigenvalue weighted by Gasteiger charge is 2.32. The second-order valence-electron chi connectivity index (χ2n) is 5.45. The van der Waals surface area contributed by atoms with E-state index in [1.165, 1.54) is 17.9 Å². The van der Waals surface area contributed by atoms with Gasteiger partial charge in [0.05, 0.1) is 18.8 Å². The van der Waals surface area contributed by atoms with E-state index in [9.17, 15) is 14.0 Å². The molecule has 0 unspecified atom stereocenters. The highest BCUT2D eigenvalue weighted by Crippen LogP contribution is 2.28. The van der Waals surface area contributed by atoms with E-state index in [1.54, 1.807) is 36.7 Å². The van der Waals surface area contributed by atoms with E-state index < -0.39 is 18.0 Å². The summed E-state index contributed by atoms with van der Waals surface area (Å²) in [4.78, 5) is 28.1. The molecule has 124 valence electrons. The number of carbonyl (C=O) groups is 2. The monoisotopic (exact) mass is 329 g/mol. The molecule has 1 atom stereocenters. The van der Waals surface area contributed by atoms with Crippen LogP contribution in [0.5, 0.6) is 0 Å². The Morgan fingerprint density at radius 1 is 1.38 bits per heavy atom. The van der Waals surface area contributed by atoms with Gasteiger partial charge in [0, 0.05) is 24.9 Å². The zero-order valence-electron chi connectivity index (χ0n) is 13.0. The van der Waals surface area contributed by atoms with Crippen molar-refractivity contribution in [3.63, 3.8) is 0 Å². The van der Waals surface area contributed by atoms with Gasteiger partial charge in [0.1, 0.15) is 11.9 Å². The number of hydrogen-bond donors (Lipinski definition) is 1. The molecule has 2 aromatic rings. The van der Waals surface area contributed by atoms with E-state index in [2.05, 4.69) is 10.3 Å². The van der Waals surface area contributed by atoms with E-state index in [-0.39, 0.29) is 19.0 Å². The van der Waals surface area contributed by atoms with Crippen LogP contribution in [0.4, 0.5) is 14.9 Å². The van der Waals surface area contributed by atoms with Crippen LogP contribution >= 0.6 is 0 Å². The van der Waals surface area contributed by atoms with Gasteiger partial charge in [0.2, 0.25) is 5.91 Å². The maximum atomic E-state index is 14.4. The molecular weight excluding hydrogens is 313 g/mol. The molecule has 2 amide bonds. The Bertz CT molecular complexity index is 767. The third-order valence-corrected chi connectivity index (χ3v) is 3.71. The molecule has 2 heterocycles. The molecule has 1 saturated heterocycles. The maximum Gasteiger partial charge on any atom is 0.414 e. The summed E-state index contributed by atoms with van der Waals surface area (Å²) in [6, 6.07) is 8.02. The Morgan fingerprint density at radius 2 is 2.12 bits per heavy atom. The quantitative estimate of drug-likeness (QED) is 0.935. The number of rotatable bonds is 4. The van der Waals surface area contributed by atoms with Crippen LogP contribution in [0.3, 0.4) is 0 Å². The number of anilines is 1. The Morgan fingerprint density at radius 3 is 2.79 bits per heavy atom. The van der Waals surface area contributed by atoms with Crippen LogP contribution in [0, 0.1) is 5.82 Å². The van der Waals surface area contributed by atoms with Crippen molar-refractivity contribution < 1.29 is 18.7 Å². The molecule has 0 aliphatic carbocycles. The number of aromatic nitrogens is 1. The molecular formula is C17H16FN3O3. The van der Waals surface area contributed by atoms with Crippen LogP contribution in [0.15, 0.2) is 42.7 Å². The first kappa shape index (κ1) is 15.9. The largest absolute Gasteiger partial charge is 0.442 e. The average molecular weight is 329 g/mol. The van der Waals surface area contributed by atoms with E-state index in [1.807, 2.05) is 0 Å². The fourth-order valence-electron chi connectivity index (χ4n) is 2.53. The summed E-state index contributed by atoms with van der Waals surface area (Å²) < 4.78 is 19.6. The average Bonchev–Trinajstić information content (AvgIpc) is 2.94.